The van der Waals surface area contributed by atoms with Crippen LogP contribution in [-0.2, 0) is 13.1 Å². The van der Waals surface area contributed by atoms with E-state index in [-0.39, 0.29) is 29.7 Å². The van der Waals surface area contributed by atoms with Gasteiger partial charge in [-0.15, -0.1) is 34.2 Å². The zero-order chi connectivity index (χ0) is 19.5. The lowest BCUT2D eigenvalue weighted by Gasteiger charge is -2.13. The lowest BCUT2D eigenvalue weighted by Crippen LogP contribution is -2.37. The third-order valence-electron chi connectivity index (χ3n) is 3.61. The number of aliphatic imine (C=N–C) groups is 1. The van der Waals surface area contributed by atoms with Crippen LogP contribution >= 0.6 is 24.0 Å². The number of nitrogens with one attached hydrogen (secondary N) is 2. The van der Waals surface area contributed by atoms with Crippen LogP contribution in [0, 0.1) is 0 Å². The monoisotopic (exact) mass is 512 g/mol. The zero-order valence-corrected chi connectivity index (χ0v) is 17.8. The largest absolute Gasteiger partial charge is 0.484 e. The molecule has 0 unspecified atom stereocenters. The Kier molecular flexibility index (Phi) is 10.6. The van der Waals surface area contributed by atoms with Crippen LogP contribution in [0.15, 0.2) is 41.9 Å². The Balaban J connectivity index is 0.00000392. The van der Waals surface area contributed by atoms with Gasteiger partial charge in [-0.25, -0.2) is 0 Å². The molecule has 0 aliphatic heterocycles. The highest BCUT2D eigenvalue weighted by Crippen LogP contribution is 2.18. The van der Waals surface area contributed by atoms with Crippen LogP contribution in [-0.4, -0.2) is 47.1 Å². The first-order valence-electron chi connectivity index (χ1n) is 8.52. The minimum atomic E-state index is -4.34. The van der Waals surface area contributed by atoms with Crippen molar-refractivity contribution in [3.8, 4) is 5.75 Å². The third kappa shape index (κ3) is 9.76. The predicted molar refractivity (Wildman–Crippen MR) is 111 cm³/mol. The number of rotatable bonds is 9. The molecule has 0 atom stereocenters. The molecule has 28 heavy (non-hydrogen) atoms. The van der Waals surface area contributed by atoms with Crippen LogP contribution < -0.4 is 15.4 Å². The van der Waals surface area contributed by atoms with Gasteiger partial charge in [0.05, 0.1) is 0 Å². The Morgan fingerprint density at radius 3 is 2.39 bits per heavy atom. The van der Waals surface area contributed by atoms with Gasteiger partial charge in [-0.05, 0) is 30.5 Å². The second-order valence-electron chi connectivity index (χ2n) is 5.81. The molecular formula is C17H24F3IN6O. The van der Waals surface area contributed by atoms with Crippen molar-refractivity contribution in [2.24, 2.45) is 4.99 Å². The van der Waals surface area contributed by atoms with Gasteiger partial charge in [0.15, 0.2) is 12.6 Å². The highest BCUT2D eigenvalue weighted by atomic mass is 127. The van der Waals surface area contributed by atoms with Gasteiger partial charge in [0.1, 0.15) is 18.4 Å². The number of aromatic nitrogens is 3. The number of unbranched alkanes of at least 4 members (excludes halogenated alkanes) is 1. The Morgan fingerprint density at radius 1 is 1.11 bits per heavy atom. The van der Waals surface area contributed by atoms with Crippen molar-refractivity contribution in [2.75, 3.05) is 20.2 Å². The van der Waals surface area contributed by atoms with Crippen LogP contribution in [0.3, 0.4) is 0 Å². The topological polar surface area (TPSA) is 76.4 Å². The van der Waals surface area contributed by atoms with E-state index < -0.39 is 12.8 Å². The quantitative estimate of drug-likeness (QED) is 0.234. The van der Waals surface area contributed by atoms with Crippen molar-refractivity contribution in [2.45, 2.75) is 32.1 Å². The van der Waals surface area contributed by atoms with E-state index in [4.69, 9.17) is 0 Å². The average molecular weight is 512 g/mol. The van der Waals surface area contributed by atoms with Gasteiger partial charge < -0.3 is 19.9 Å². The number of alkyl halides is 3. The predicted octanol–water partition coefficient (Wildman–Crippen LogP) is 2.98. The summed E-state index contributed by atoms with van der Waals surface area (Å²) in [6.45, 7) is 0.841. The molecule has 1 aromatic heterocycles. The van der Waals surface area contributed by atoms with Crippen molar-refractivity contribution >= 4 is 29.9 Å². The number of hydrogen-bond donors (Lipinski definition) is 2. The van der Waals surface area contributed by atoms with Crippen LogP contribution in [0.2, 0.25) is 0 Å². The van der Waals surface area contributed by atoms with Gasteiger partial charge in [0, 0.05) is 26.7 Å². The summed E-state index contributed by atoms with van der Waals surface area (Å²) in [5.41, 5.74) is 0.907. The zero-order valence-electron chi connectivity index (χ0n) is 15.4. The molecule has 0 saturated carbocycles. The molecule has 0 saturated heterocycles. The molecule has 1 heterocycles. The van der Waals surface area contributed by atoms with Crippen molar-refractivity contribution in [1.29, 1.82) is 0 Å². The molecule has 1 aromatic carbocycles. The van der Waals surface area contributed by atoms with Gasteiger partial charge in [0.25, 0.3) is 0 Å². The maximum absolute atomic E-state index is 12.1. The fraction of sp³-hybridized carbons (Fsp3) is 0.471. The van der Waals surface area contributed by atoms with Crippen molar-refractivity contribution in [3.63, 3.8) is 0 Å². The SMILES string of the molecule is CN=C(NCCCCn1cnnc1)NCc1ccc(OCC(F)(F)F)cc1.I. The average Bonchev–Trinajstić information content (AvgIpc) is 3.16. The van der Waals surface area contributed by atoms with Gasteiger partial charge in [0.2, 0.25) is 0 Å². The highest BCUT2D eigenvalue weighted by Gasteiger charge is 2.28. The second-order valence-corrected chi connectivity index (χ2v) is 5.81. The van der Waals surface area contributed by atoms with E-state index in [0.717, 1.165) is 31.5 Å². The van der Waals surface area contributed by atoms with Crippen LogP contribution in [0.4, 0.5) is 13.2 Å². The Labute approximate surface area is 178 Å². The number of ether oxygens (including phenoxy) is 1. The summed E-state index contributed by atoms with van der Waals surface area (Å²) in [7, 11) is 1.68. The molecule has 0 radical (unpaired) electrons. The Morgan fingerprint density at radius 2 is 1.79 bits per heavy atom. The molecule has 156 valence electrons. The van der Waals surface area contributed by atoms with E-state index in [9.17, 15) is 13.2 Å². The smallest absolute Gasteiger partial charge is 0.422 e. The first kappa shape index (κ1) is 24.0. The normalized spacial score (nSPS) is 11.6. The van der Waals surface area contributed by atoms with Gasteiger partial charge in [-0.3, -0.25) is 4.99 Å². The molecule has 0 spiro atoms. The number of guanidine groups is 1. The number of benzene rings is 1. The Bertz CT molecular complexity index is 692. The summed E-state index contributed by atoms with van der Waals surface area (Å²) in [4.78, 5) is 4.14. The van der Waals surface area contributed by atoms with Crippen molar-refractivity contribution in [3.05, 3.63) is 42.5 Å². The summed E-state index contributed by atoms with van der Waals surface area (Å²) in [5, 5.41) is 13.9. The maximum Gasteiger partial charge on any atom is 0.422 e. The van der Waals surface area contributed by atoms with Crippen LogP contribution in [0.1, 0.15) is 18.4 Å². The minimum Gasteiger partial charge on any atom is -0.484 e. The van der Waals surface area contributed by atoms with Crippen molar-refractivity contribution < 1.29 is 17.9 Å². The van der Waals surface area contributed by atoms with Gasteiger partial charge in [-0.2, -0.15) is 13.2 Å². The molecule has 2 rings (SSSR count). The number of aryl methyl sites for hydroxylation is 1. The summed E-state index contributed by atoms with van der Waals surface area (Å²) >= 11 is 0. The fourth-order valence-electron chi connectivity index (χ4n) is 2.24. The maximum atomic E-state index is 12.1. The number of hydrogen-bond acceptors (Lipinski definition) is 4. The van der Waals surface area contributed by atoms with Crippen molar-refractivity contribution in [1.82, 2.24) is 25.4 Å². The van der Waals surface area contributed by atoms with Crippen LogP contribution in [0.5, 0.6) is 5.75 Å². The van der Waals surface area contributed by atoms with E-state index in [1.165, 1.54) is 12.1 Å². The standard InChI is InChI=1S/C17H23F3N6O.HI/c1-21-16(22-8-2-3-9-26-12-24-25-13-26)23-10-14-4-6-15(7-5-14)27-11-17(18,19)20;/h4-7,12-13H,2-3,8-11H2,1H3,(H2,21,22,23);1H. The summed E-state index contributed by atoms with van der Waals surface area (Å²) in [5.74, 6) is 0.850. The Hall–Kier alpha value is -2.05. The molecule has 0 aliphatic carbocycles. The van der Waals surface area contributed by atoms with E-state index in [2.05, 4.69) is 30.6 Å². The van der Waals surface area contributed by atoms with E-state index in [1.807, 2.05) is 4.57 Å². The van der Waals surface area contributed by atoms with E-state index in [0.29, 0.717) is 12.5 Å². The van der Waals surface area contributed by atoms with E-state index in [1.54, 1.807) is 31.8 Å². The lowest BCUT2D eigenvalue weighted by atomic mass is 10.2. The molecule has 2 aromatic rings. The molecule has 0 amide bonds. The molecule has 11 heteroatoms. The van der Waals surface area contributed by atoms with Gasteiger partial charge in [-0.1, -0.05) is 12.1 Å². The summed E-state index contributed by atoms with van der Waals surface area (Å²) in [6.07, 6.45) is 0.986. The first-order valence-corrected chi connectivity index (χ1v) is 8.52. The fourth-order valence-corrected chi connectivity index (χ4v) is 2.24. The number of nitrogens with zero attached hydrogens (tertiary/aromatic N) is 4. The van der Waals surface area contributed by atoms with Crippen LogP contribution in [0.25, 0.3) is 0 Å². The first-order chi connectivity index (χ1) is 13.0. The molecule has 7 nitrogen and oxygen atoms in total. The van der Waals surface area contributed by atoms with E-state index >= 15 is 0 Å². The lowest BCUT2D eigenvalue weighted by molar-refractivity contribution is -0.153. The van der Waals surface area contributed by atoms with Gasteiger partial charge >= 0.3 is 6.18 Å². The molecule has 0 fully saturated rings. The molecule has 2 N–H and O–H groups in total. The molecule has 0 bridgehead atoms. The summed E-state index contributed by atoms with van der Waals surface area (Å²) in [6, 6.07) is 6.46. The second kappa shape index (κ2) is 12.4. The summed E-state index contributed by atoms with van der Waals surface area (Å²) < 4.78 is 43.0. The number of halogens is 4. The molecule has 0 aliphatic rings. The highest BCUT2D eigenvalue weighted by molar-refractivity contribution is 14.0. The minimum absolute atomic E-state index is 0. The third-order valence-corrected chi connectivity index (χ3v) is 3.61. The molecular weight excluding hydrogens is 488 g/mol.